The SMILES string of the molecule is N#C/C(=C\c1ccc(Br)cc1)c1cccs1. The van der Waals surface area contributed by atoms with Gasteiger partial charge in [0.15, 0.2) is 0 Å². The normalized spacial score (nSPS) is 11.1. The van der Waals surface area contributed by atoms with Crippen molar-refractivity contribution in [3.8, 4) is 6.07 Å². The van der Waals surface area contributed by atoms with E-state index < -0.39 is 0 Å². The van der Waals surface area contributed by atoms with Gasteiger partial charge >= 0.3 is 0 Å². The zero-order valence-corrected chi connectivity index (χ0v) is 10.8. The Morgan fingerprint density at radius 2 is 2.00 bits per heavy atom. The van der Waals surface area contributed by atoms with E-state index in [0.29, 0.717) is 5.57 Å². The zero-order valence-electron chi connectivity index (χ0n) is 8.35. The Hall–Kier alpha value is -1.37. The molecule has 0 N–H and O–H groups in total. The topological polar surface area (TPSA) is 23.8 Å². The second-order valence-electron chi connectivity index (χ2n) is 3.20. The average molecular weight is 290 g/mol. The van der Waals surface area contributed by atoms with Crippen LogP contribution >= 0.6 is 27.3 Å². The van der Waals surface area contributed by atoms with E-state index in [-0.39, 0.29) is 0 Å². The van der Waals surface area contributed by atoms with Crippen LogP contribution in [0.2, 0.25) is 0 Å². The third-order valence-corrected chi connectivity index (χ3v) is 3.52. The molecule has 2 rings (SSSR count). The Labute approximate surface area is 107 Å². The van der Waals surface area contributed by atoms with Gasteiger partial charge in [-0.1, -0.05) is 34.1 Å². The molecule has 0 saturated carbocycles. The summed E-state index contributed by atoms with van der Waals surface area (Å²) >= 11 is 4.96. The maximum Gasteiger partial charge on any atom is 0.101 e. The molecule has 0 aliphatic rings. The lowest BCUT2D eigenvalue weighted by molar-refractivity contribution is 1.54. The summed E-state index contributed by atoms with van der Waals surface area (Å²) in [6.45, 7) is 0. The van der Waals surface area contributed by atoms with Gasteiger partial charge in [-0.25, -0.2) is 0 Å². The van der Waals surface area contributed by atoms with Gasteiger partial charge in [-0.3, -0.25) is 0 Å². The first kappa shape index (κ1) is 11.1. The fraction of sp³-hybridized carbons (Fsp3) is 0. The summed E-state index contributed by atoms with van der Waals surface area (Å²) < 4.78 is 1.04. The summed E-state index contributed by atoms with van der Waals surface area (Å²) in [5, 5.41) is 11.1. The molecule has 3 heteroatoms. The highest BCUT2D eigenvalue weighted by Crippen LogP contribution is 2.22. The molecule has 16 heavy (non-hydrogen) atoms. The molecule has 0 amide bonds. The lowest BCUT2D eigenvalue weighted by Crippen LogP contribution is -1.76. The second-order valence-corrected chi connectivity index (χ2v) is 5.06. The fourth-order valence-electron chi connectivity index (χ4n) is 1.32. The molecule has 0 unspecified atom stereocenters. The molecule has 0 radical (unpaired) electrons. The van der Waals surface area contributed by atoms with Gasteiger partial charge < -0.3 is 0 Å². The molecule has 78 valence electrons. The van der Waals surface area contributed by atoms with E-state index in [0.717, 1.165) is 14.9 Å². The van der Waals surface area contributed by atoms with E-state index in [9.17, 15) is 0 Å². The van der Waals surface area contributed by atoms with Gasteiger partial charge in [0, 0.05) is 9.35 Å². The van der Waals surface area contributed by atoms with Crippen molar-refractivity contribution in [3.63, 3.8) is 0 Å². The first-order chi connectivity index (χ1) is 7.79. The van der Waals surface area contributed by atoms with Crippen molar-refractivity contribution in [2.75, 3.05) is 0 Å². The van der Waals surface area contributed by atoms with Gasteiger partial charge in [-0.15, -0.1) is 11.3 Å². The first-order valence-corrected chi connectivity index (χ1v) is 6.38. The van der Waals surface area contributed by atoms with E-state index in [2.05, 4.69) is 22.0 Å². The summed E-state index contributed by atoms with van der Waals surface area (Å²) in [6, 6.07) is 14.0. The Balaban J connectivity index is 2.36. The van der Waals surface area contributed by atoms with Crippen LogP contribution in [0.25, 0.3) is 11.6 Å². The molecular formula is C13H8BrNS. The van der Waals surface area contributed by atoms with Gasteiger partial charge in [0.2, 0.25) is 0 Å². The van der Waals surface area contributed by atoms with Gasteiger partial charge in [0.25, 0.3) is 0 Å². The lowest BCUT2D eigenvalue weighted by Gasteiger charge is -1.96. The highest BCUT2D eigenvalue weighted by Gasteiger charge is 2.01. The zero-order chi connectivity index (χ0) is 11.4. The lowest BCUT2D eigenvalue weighted by atomic mass is 10.1. The molecule has 0 aliphatic carbocycles. The predicted molar refractivity (Wildman–Crippen MR) is 71.9 cm³/mol. The van der Waals surface area contributed by atoms with E-state index in [1.807, 2.05) is 47.9 Å². The van der Waals surface area contributed by atoms with Crippen LogP contribution < -0.4 is 0 Å². The highest BCUT2D eigenvalue weighted by atomic mass is 79.9. The van der Waals surface area contributed by atoms with Crippen LogP contribution in [0.1, 0.15) is 10.4 Å². The van der Waals surface area contributed by atoms with E-state index >= 15 is 0 Å². The number of rotatable bonds is 2. The molecule has 0 spiro atoms. The standard InChI is InChI=1S/C13H8BrNS/c14-12-5-3-10(4-6-12)8-11(9-15)13-2-1-7-16-13/h1-8H/b11-8+. The predicted octanol–water partition coefficient (Wildman–Crippen LogP) is 4.57. The Bertz CT molecular complexity index is 532. The third kappa shape index (κ3) is 2.60. The van der Waals surface area contributed by atoms with Crippen LogP contribution in [-0.2, 0) is 0 Å². The maximum atomic E-state index is 9.09. The molecule has 0 fully saturated rings. The number of benzene rings is 1. The monoisotopic (exact) mass is 289 g/mol. The van der Waals surface area contributed by atoms with Crippen molar-refractivity contribution in [1.29, 1.82) is 5.26 Å². The van der Waals surface area contributed by atoms with Crippen LogP contribution in [0.15, 0.2) is 46.3 Å². The molecule has 2 aromatic rings. The third-order valence-electron chi connectivity index (χ3n) is 2.09. The summed E-state index contributed by atoms with van der Waals surface area (Å²) in [7, 11) is 0. The molecule has 0 atom stereocenters. The van der Waals surface area contributed by atoms with E-state index in [4.69, 9.17) is 5.26 Å². The number of hydrogen-bond acceptors (Lipinski definition) is 2. The van der Waals surface area contributed by atoms with Gasteiger partial charge in [-0.05, 0) is 35.2 Å². The van der Waals surface area contributed by atoms with Crippen LogP contribution in [0.4, 0.5) is 0 Å². The van der Waals surface area contributed by atoms with Crippen molar-refractivity contribution in [3.05, 3.63) is 56.7 Å². The van der Waals surface area contributed by atoms with Crippen molar-refractivity contribution in [1.82, 2.24) is 0 Å². The Morgan fingerprint density at radius 3 is 2.56 bits per heavy atom. The van der Waals surface area contributed by atoms with E-state index in [1.54, 1.807) is 11.3 Å². The van der Waals surface area contributed by atoms with Crippen molar-refractivity contribution in [2.45, 2.75) is 0 Å². The largest absolute Gasteiger partial charge is 0.192 e. The molecule has 0 bridgehead atoms. The van der Waals surface area contributed by atoms with Crippen LogP contribution in [-0.4, -0.2) is 0 Å². The van der Waals surface area contributed by atoms with Gasteiger partial charge in [0.05, 0.1) is 5.57 Å². The summed E-state index contributed by atoms with van der Waals surface area (Å²) in [5.41, 5.74) is 1.74. The molecular weight excluding hydrogens is 282 g/mol. The number of hydrogen-bond donors (Lipinski definition) is 0. The van der Waals surface area contributed by atoms with Crippen molar-refractivity contribution in [2.24, 2.45) is 0 Å². The average Bonchev–Trinajstić information content (AvgIpc) is 2.82. The fourth-order valence-corrected chi connectivity index (χ4v) is 2.27. The summed E-state index contributed by atoms with van der Waals surface area (Å²) in [6.07, 6.45) is 1.90. The molecule has 1 heterocycles. The minimum absolute atomic E-state index is 0.706. The highest BCUT2D eigenvalue weighted by molar-refractivity contribution is 9.10. The molecule has 0 aliphatic heterocycles. The van der Waals surface area contributed by atoms with Gasteiger partial charge in [-0.2, -0.15) is 5.26 Å². The number of halogens is 1. The number of thiophene rings is 1. The Kier molecular flexibility index (Phi) is 3.55. The summed E-state index contributed by atoms with van der Waals surface area (Å²) in [4.78, 5) is 1.01. The quantitative estimate of drug-likeness (QED) is 0.743. The van der Waals surface area contributed by atoms with Gasteiger partial charge in [0.1, 0.15) is 6.07 Å². The Morgan fingerprint density at radius 1 is 1.25 bits per heavy atom. The number of allylic oxidation sites excluding steroid dienone is 1. The molecule has 1 nitrogen and oxygen atoms in total. The smallest absolute Gasteiger partial charge is 0.101 e. The maximum absolute atomic E-state index is 9.09. The summed E-state index contributed by atoms with van der Waals surface area (Å²) in [5.74, 6) is 0. The van der Waals surface area contributed by atoms with Crippen LogP contribution in [0, 0.1) is 11.3 Å². The van der Waals surface area contributed by atoms with Crippen LogP contribution in [0.5, 0.6) is 0 Å². The minimum Gasteiger partial charge on any atom is -0.192 e. The van der Waals surface area contributed by atoms with Crippen LogP contribution in [0.3, 0.4) is 0 Å². The number of nitrogens with zero attached hydrogens (tertiary/aromatic N) is 1. The second kappa shape index (κ2) is 5.11. The van der Waals surface area contributed by atoms with Crippen molar-refractivity contribution >= 4 is 38.9 Å². The molecule has 1 aromatic heterocycles. The van der Waals surface area contributed by atoms with Crippen molar-refractivity contribution < 1.29 is 0 Å². The molecule has 0 saturated heterocycles. The van der Waals surface area contributed by atoms with E-state index in [1.165, 1.54) is 0 Å². The minimum atomic E-state index is 0.706. The molecule has 1 aromatic carbocycles. The first-order valence-electron chi connectivity index (χ1n) is 4.71. The number of nitriles is 1.